The molecule has 4 nitrogen and oxygen atoms in total. The van der Waals surface area contributed by atoms with Crippen molar-refractivity contribution in [3.63, 3.8) is 0 Å². The van der Waals surface area contributed by atoms with Crippen LogP contribution in [-0.4, -0.2) is 21.7 Å². The number of hydrogen-bond donors (Lipinski definition) is 1. The third-order valence-electron chi connectivity index (χ3n) is 3.69. The summed E-state index contributed by atoms with van der Waals surface area (Å²) >= 11 is 11.8. The second-order valence-electron chi connectivity index (χ2n) is 5.46. The molecule has 1 amide bonds. The lowest BCUT2D eigenvalue weighted by molar-refractivity contribution is -0.0765. The van der Waals surface area contributed by atoms with E-state index < -0.39 is 11.6 Å². The van der Waals surface area contributed by atoms with Crippen LogP contribution >= 0.6 is 23.2 Å². The molecule has 118 valence electrons. The van der Waals surface area contributed by atoms with Crippen LogP contribution < -0.4 is 0 Å². The molecule has 1 aliphatic rings. The number of hydrogen-bond acceptors (Lipinski definition) is 3. The maximum absolute atomic E-state index is 12.8. The quantitative estimate of drug-likeness (QED) is 0.889. The molecule has 1 N–H and O–H groups in total. The van der Waals surface area contributed by atoms with Crippen LogP contribution in [0.4, 0.5) is 0 Å². The minimum Gasteiger partial charge on any atom is -0.365 e. The van der Waals surface area contributed by atoms with Crippen LogP contribution in [0.25, 0.3) is 0 Å². The van der Waals surface area contributed by atoms with Crippen LogP contribution in [0.2, 0.25) is 10.0 Å². The van der Waals surface area contributed by atoms with Crippen LogP contribution in [0.15, 0.2) is 53.6 Å². The van der Waals surface area contributed by atoms with Crippen LogP contribution in [-0.2, 0) is 5.72 Å². The lowest BCUT2D eigenvalue weighted by atomic mass is 9.97. The van der Waals surface area contributed by atoms with E-state index in [9.17, 15) is 9.90 Å². The van der Waals surface area contributed by atoms with Crippen LogP contribution in [0.5, 0.6) is 0 Å². The monoisotopic (exact) mass is 348 g/mol. The average molecular weight is 349 g/mol. The van der Waals surface area contributed by atoms with E-state index in [4.69, 9.17) is 23.2 Å². The zero-order valence-corrected chi connectivity index (χ0v) is 13.8. The van der Waals surface area contributed by atoms with E-state index in [0.717, 1.165) is 5.01 Å². The van der Waals surface area contributed by atoms with E-state index in [2.05, 4.69) is 5.10 Å². The van der Waals surface area contributed by atoms with Crippen LogP contribution in [0.3, 0.4) is 0 Å². The number of halogens is 2. The molecule has 0 unspecified atom stereocenters. The van der Waals surface area contributed by atoms with Gasteiger partial charge in [0.2, 0.25) is 0 Å². The number of benzene rings is 2. The molecule has 0 fully saturated rings. The van der Waals surface area contributed by atoms with Crippen molar-refractivity contribution in [1.82, 2.24) is 5.01 Å². The molecular weight excluding hydrogens is 335 g/mol. The molecule has 0 bridgehead atoms. The molecule has 6 heteroatoms. The van der Waals surface area contributed by atoms with Gasteiger partial charge in [0.25, 0.3) is 5.91 Å². The zero-order chi connectivity index (χ0) is 16.6. The number of amides is 1. The lowest BCUT2D eigenvalue weighted by Crippen LogP contribution is -2.43. The van der Waals surface area contributed by atoms with E-state index in [1.54, 1.807) is 55.5 Å². The SMILES string of the molecule is CC1=NN(C(=O)c2cccc(Cl)c2)[C@@](O)(c2ccc(Cl)cc2)C1. The molecule has 1 atom stereocenters. The molecular formula is C17H14Cl2N2O2. The van der Waals surface area contributed by atoms with Gasteiger partial charge in [0, 0.05) is 33.3 Å². The average Bonchev–Trinajstić information content (AvgIpc) is 2.83. The first-order valence-electron chi connectivity index (χ1n) is 7.03. The second kappa shape index (κ2) is 5.96. The molecule has 0 spiro atoms. The first kappa shape index (κ1) is 16.0. The van der Waals surface area contributed by atoms with Gasteiger partial charge in [-0.15, -0.1) is 0 Å². The molecule has 0 saturated heterocycles. The highest BCUT2D eigenvalue weighted by molar-refractivity contribution is 6.31. The van der Waals surface area contributed by atoms with Gasteiger partial charge in [0.05, 0.1) is 0 Å². The molecule has 0 aromatic heterocycles. The minimum absolute atomic E-state index is 0.237. The Balaban J connectivity index is 2.01. The number of carbonyl (C=O) groups excluding carboxylic acids is 1. The Morgan fingerprint density at radius 3 is 2.52 bits per heavy atom. The van der Waals surface area contributed by atoms with E-state index >= 15 is 0 Å². The van der Waals surface area contributed by atoms with E-state index in [0.29, 0.717) is 26.9 Å². The number of carbonyl (C=O) groups is 1. The summed E-state index contributed by atoms with van der Waals surface area (Å²) in [5, 5.41) is 17.4. The van der Waals surface area contributed by atoms with Crippen LogP contribution in [0.1, 0.15) is 29.3 Å². The summed E-state index contributed by atoms with van der Waals surface area (Å²) in [5.41, 5.74) is 0.0488. The molecule has 23 heavy (non-hydrogen) atoms. The Bertz CT molecular complexity index is 789. The van der Waals surface area contributed by atoms with Gasteiger partial charge in [-0.25, -0.2) is 0 Å². The summed E-state index contributed by atoms with van der Waals surface area (Å²) in [7, 11) is 0. The van der Waals surface area contributed by atoms with Crippen molar-refractivity contribution in [3.8, 4) is 0 Å². The maximum Gasteiger partial charge on any atom is 0.276 e. The largest absolute Gasteiger partial charge is 0.365 e. The maximum atomic E-state index is 12.8. The van der Waals surface area contributed by atoms with Gasteiger partial charge in [-0.3, -0.25) is 4.79 Å². The summed E-state index contributed by atoms with van der Waals surface area (Å²) in [6, 6.07) is 13.3. The first-order chi connectivity index (χ1) is 10.9. The fourth-order valence-corrected chi connectivity index (χ4v) is 2.94. The molecule has 3 rings (SSSR count). The first-order valence-corrected chi connectivity index (χ1v) is 7.78. The minimum atomic E-state index is -1.53. The van der Waals surface area contributed by atoms with Gasteiger partial charge in [-0.2, -0.15) is 10.1 Å². The van der Waals surface area contributed by atoms with Crippen molar-refractivity contribution >= 4 is 34.8 Å². The van der Waals surface area contributed by atoms with Crippen molar-refractivity contribution in [2.24, 2.45) is 5.10 Å². The normalized spacial score (nSPS) is 20.5. The Hall–Kier alpha value is -1.88. The summed E-state index contributed by atoms with van der Waals surface area (Å²) in [6.45, 7) is 1.77. The standard InChI is InChI=1S/C17H14Cl2N2O2/c1-11-10-17(23,13-5-7-14(18)8-6-13)21(20-11)16(22)12-3-2-4-15(19)9-12/h2-9,23H,10H2,1H3/t17-/m0/s1. The van der Waals surface area contributed by atoms with E-state index in [1.807, 2.05) is 0 Å². The van der Waals surface area contributed by atoms with Crippen LogP contribution in [0, 0.1) is 0 Å². The van der Waals surface area contributed by atoms with E-state index in [-0.39, 0.29) is 6.42 Å². The number of rotatable bonds is 2. The van der Waals surface area contributed by atoms with Gasteiger partial charge < -0.3 is 5.11 Å². The summed E-state index contributed by atoms with van der Waals surface area (Å²) in [4.78, 5) is 12.8. The topological polar surface area (TPSA) is 52.9 Å². The molecule has 2 aromatic carbocycles. The van der Waals surface area contributed by atoms with E-state index in [1.165, 1.54) is 0 Å². The van der Waals surface area contributed by atoms with Gasteiger partial charge in [-0.1, -0.05) is 41.4 Å². The number of aliphatic hydroxyl groups is 1. The Morgan fingerprint density at radius 2 is 1.87 bits per heavy atom. The number of nitrogens with zero attached hydrogens (tertiary/aromatic N) is 2. The molecule has 0 aliphatic carbocycles. The van der Waals surface area contributed by atoms with Crippen molar-refractivity contribution in [2.45, 2.75) is 19.1 Å². The fraction of sp³-hybridized carbons (Fsp3) is 0.176. The zero-order valence-electron chi connectivity index (χ0n) is 12.3. The molecule has 2 aromatic rings. The molecule has 0 saturated carbocycles. The van der Waals surface area contributed by atoms with Gasteiger partial charge in [0.15, 0.2) is 5.72 Å². The molecule has 1 aliphatic heterocycles. The summed E-state index contributed by atoms with van der Waals surface area (Å²) in [6.07, 6.45) is 0.237. The molecule has 1 heterocycles. The molecule has 0 radical (unpaired) electrons. The Kier molecular flexibility index (Phi) is 4.15. The van der Waals surface area contributed by atoms with Crippen molar-refractivity contribution < 1.29 is 9.90 Å². The van der Waals surface area contributed by atoms with Gasteiger partial charge in [0.1, 0.15) is 0 Å². The predicted octanol–water partition coefficient (Wildman–Crippen LogP) is 4.06. The smallest absolute Gasteiger partial charge is 0.276 e. The summed E-state index contributed by atoms with van der Waals surface area (Å²) in [5.74, 6) is -0.415. The summed E-state index contributed by atoms with van der Waals surface area (Å²) < 4.78 is 0. The highest BCUT2D eigenvalue weighted by Crippen LogP contribution is 2.36. The van der Waals surface area contributed by atoms with Crippen molar-refractivity contribution in [1.29, 1.82) is 0 Å². The Labute approximate surface area is 143 Å². The lowest BCUT2D eigenvalue weighted by Gasteiger charge is -2.31. The third kappa shape index (κ3) is 2.98. The highest BCUT2D eigenvalue weighted by Gasteiger charge is 2.45. The third-order valence-corrected chi connectivity index (χ3v) is 4.18. The second-order valence-corrected chi connectivity index (χ2v) is 6.34. The van der Waals surface area contributed by atoms with Crippen molar-refractivity contribution in [3.05, 3.63) is 69.7 Å². The van der Waals surface area contributed by atoms with Gasteiger partial charge >= 0.3 is 0 Å². The highest BCUT2D eigenvalue weighted by atomic mass is 35.5. The van der Waals surface area contributed by atoms with Crippen molar-refractivity contribution in [2.75, 3.05) is 0 Å². The predicted molar refractivity (Wildman–Crippen MR) is 90.7 cm³/mol. The fourth-order valence-electron chi connectivity index (χ4n) is 2.62. The Morgan fingerprint density at radius 1 is 1.17 bits per heavy atom. The number of hydrazone groups is 1. The van der Waals surface area contributed by atoms with Gasteiger partial charge in [-0.05, 0) is 37.3 Å².